The number of fused-ring (bicyclic) bond motifs is 2. The Balaban J connectivity index is 1.73. The Kier molecular flexibility index (Phi) is 14.1. The molecule has 1 aromatic heterocycles. The molecule has 2 aliphatic rings. The second-order valence-corrected chi connectivity index (χ2v) is 16.0. The molecule has 2 fully saturated rings. The van der Waals surface area contributed by atoms with E-state index in [-0.39, 0.29) is 24.7 Å². The van der Waals surface area contributed by atoms with Gasteiger partial charge in [0.15, 0.2) is 0 Å². The Morgan fingerprint density at radius 1 is 0.958 bits per heavy atom. The lowest BCUT2D eigenvalue weighted by Gasteiger charge is -2.43. The van der Waals surface area contributed by atoms with Crippen LogP contribution in [-0.2, 0) is 30.1 Å². The number of amides is 3. The van der Waals surface area contributed by atoms with Crippen molar-refractivity contribution in [2.45, 2.75) is 175 Å². The molecule has 15 heteroatoms. The van der Waals surface area contributed by atoms with Crippen LogP contribution in [0.2, 0.25) is 0 Å². The second kappa shape index (κ2) is 16.9. The fraction of sp³-hybridized carbons (Fsp3) is 0.879. The summed E-state index contributed by atoms with van der Waals surface area (Å²) in [6.07, 6.45) is 9.48. The quantitative estimate of drug-likeness (QED) is 0.140. The van der Waals surface area contributed by atoms with Gasteiger partial charge in [-0.2, -0.15) is 22.8 Å². The Hall–Kier alpha value is -2.49. The molecule has 0 aliphatic carbocycles. The molecule has 0 saturated carbocycles. The third-order valence-electron chi connectivity index (χ3n) is 8.83. The summed E-state index contributed by atoms with van der Waals surface area (Å²) in [5, 5.41) is 13.8. The number of hydroxylamine groups is 4. The summed E-state index contributed by atoms with van der Waals surface area (Å²) in [7, 11) is -4.63. The zero-order valence-corrected chi connectivity index (χ0v) is 31.5. The summed E-state index contributed by atoms with van der Waals surface area (Å²) in [6.45, 7) is 18.1. The molecule has 276 valence electrons. The van der Waals surface area contributed by atoms with Gasteiger partial charge in [-0.05, 0) is 73.1 Å². The summed E-state index contributed by atoms with van der Waals surface area (Å²) >= 11 is 0. The molecule has 0 spiro atoms. The molecular formula is C33H60N6O8S. The van der Waals surface area contributed by atoms with E-state index >= 15 is 0 Å². The van der Waals surface area contributed by atoms with E-state index in [2.05, 4.69) is 43.2 Å². The second-order valence-electron chi connectivity index (χ2n) is 14.9. The highest BCUT2D eigenvalue weighted by Crippen LogP contribution is 2.40. The molecule has 3 amide bonds. The van der Waals surface area contributed by atoms with Crippen molar-refractivity contribution >= 4 is 22.5 Å². The van der Waals surface area contributed by atoms with Crippen LogP contribution >= 0.6 is 0 Å². The lowest BCUT2D eigenvalue weighted by atomic mass is 9.82. The number of urea groups is 1. The number of piperidine rings is 1. The van der Waals surface area contributed by atoms with Gasteiger partial charge in [0.25, 0.3) is 0 Å². The Bertz CT molecular complexity index is 1290. The van der Waals surface area contributed by atoms with Gasteiger partial charge in [-0.3, -0.25) is 0 Å². The molecule has 0 radical (unpaired) electrons. The van der Waals surface area contributed by atoms with Gasteiger partial charge in [0.1, 0.15) is 11.6 Å². The molecule has 2 atom stereocenters. The Morgan fingerprint density at radius 2 is 1.60 bits per heavy atom. The van der Waals surface area contributed by atoms with Gasteiger partial charge in [-0.1, -0.05) is 66.2 Å². The Labute approximate surface area is 287 Å². The molecule has 2 aliphatic heterocycles. The number of carbonyl (C=O) groups excluding carboxylic acids is 2. The number of nitrogens with one attached hydrogen (secondary N) is 1. The summed E-state index contributed by atoms with van der Waals surface area (Å²) in [5.41, 5.74) is -1.84. The number of ether oxygens (including phenoxy) is 1. The van der Waals surface area contributed by atoms with E-state index in [0.29, 0.717) is 19.4 Å². The van der Waals surface area contributed by atoms with Crippen LogP contribution in [0, 0.1) is 0 Å². The average molecular weight is 701 g/mol. The van der Waals surface area contributed by atoms with Gasteiger partial charge >= 0.3 is 22.5 Å². The van der Waals surface area contributed by atoms with E-state index in [1.54, 1.807) is 25.8 Å². The van der Waals surface area contributed by atoms with Gasteiger partial charge in [-0.25, -0.2) is 9.59 Å². The van der Waals surface area contributed by atoms with Crippen LogP contribution in [0.1, 0.15) is 157 Å². The van der Waals surface area contributed by atoms with Crippen molar-refractivity contribution < 1.29 is 35.7 Å². The fourth-order valence-electron chi connectivity index (χ4n) is 6.57. The summed E-state index contributed by atoms with van der Waals surface area (Å²) in [6, 6.07) is -1.62. The summed E-state index contributed by atoms with van der Waals surface area (Å²) in [4.78, 5) is 27.4. The highest BCUT2D eigenvalue weighted by molar-refractivity contribution is 7.81. The first-order valence-electron chi connectivity index (χ1n) is 17.8. The van der Waals surface area contributed by atoms with Crippen molar-refractivity contribution in [3.63, 3.8) is 0 Å². The van der Waals surface area contributed by atoms with Gasteiger partial charge in [0.05, 0.1) is 6.04 Å². The summed E-state index contributed by atoms with van der Waals surface area (Å²) < 4.78 is 49.7. The van der Waals surface area contributed by atoms with Crippen LogP contribution in [0.5, 0.6) is 0 Å². The maximum absolute atomic E-state index is 13.6. The lowest BCUT2D eigenvalue weighted by Crippen LogP contribution is -2.51. The average Bonchev–Trinajstić information content (AvgIpc) is 3.53. The van der Waals surface area contributed by atoms with Crippen molar-refractivity contribution in [2.75, 3.05) is 13.1 Å². The zero-order valence-electron chi connectivity index (χ0n) is 30.7. The largest absolute Gasteiger partial charge is 0.444 e. The molecule has 1 N–H and O–H groups in total. The monoisotopic (exact) mass is 700 g/mol. The van der Waals surface area contributed by atoms with E-state index in [1.807, 2.05) is 13.8 Å². The lowest BCUT2D eigenvalue weighted by molar-refractivity contribution is -0.172. The Morgan fingerprint density at radius 3 is 2.19 bits per heavy atom. The summed E-state index contributed by atoms with van der Waals surface area (Å²) in [5.74, 6) is 0.533. The molecule has 48 heavy (non-hydrogen) atoms. The molecule has 3 heterocycles. The first-order valence-corrected chi connectivity index (χ1v) is 19.2. The van der Waals surface area contributed by atoms with Crippen LogP contribution in [0.3, 0.4) is 0 Å². The van der Waals surface area contributed by atoms with E-state index in [0.717, 1.165) is 69.3 Å². The molecule has 2 saturated heterocycles. The number of hydrogen-bond donors (Lipinski definition) is 1. The fourth-order valence-corrected chi connectivity index (χ4v) is 7.43. The number of nitrogens with zero attached hydrogens (tertiary/aromatic N) is 5. The standard InChI is InChI=1S/C33H60N6O8S/c1-10-14-20-33(19-13-4,21-15-11-2)38(22-16-12-3)46-48(42,43)47-39-25-17-18-26(37(24-25)30(39)41)28-36-35-27(44-28)23-32(8,9)34-29(40)45-31(5,6)7/h25-26H,10-24H2,1-9H3,(H,34,40)/t25-,26-/m0/s1. The molecule has 0 aromatic carbocycles. The minimum Gasteiger partial charge on any atom is -0.444 e. The van der Waals surface area contributed by atoms with Crippen molar-refractivity contribution in [3.8, 4) is 0 Å². The van der Waals surface area contributed by atoms with E-state index in [1.165, 1.54) is 4.90 Å². The highest BCUT2D eigenvalue weighted by atomic mass is 32.3. The number of alkyl carbamates (subject to hydrolysis) is 1. The predicted octanol–water partition coefficient (Wildman–Crippen LogP) is 6.99. The highest BCUT2D eigenvalue weighted by Gasteiger charge is 2.50. The van der Waals surface area contributed by atoms with Gasteiger partial charge in [0.2, 0.25) is 11.8 Å². The van der Waals surface area contributed by atoms with Gasteiger partial charge in [-0.15, -0.1) is 14.5 Å². The number of carbonyl (C=O) groups is 2. The van der Waals surface area contributed by atoms with Crippen LogP contribution in [0.25, 0.3) is 0 Å². The number of unbranched alkanes of at least 4 members (excludes halogenated alkanes) is 3. The SMILES string of the molecule is CCCCN(OS(=O)(=O)ON1C(=O)N2C[C@@H]1CC[C@H]2c1nnc(CC(C)(C)NC(=O)OC(C)(C)C)o1)C(CCC)(CCCC)CCCC. The first-order chi connectivity index (χ1) is 22.5. The van der Waals surface area contributed by atoms with Crippen molar-refractivity contribution in [2.24, 2.45) is 0 Å². The number of hydrogen-bond acceptors (Lipinski definition) is 11. The van der Waals surface area contributed by atoms with Crippen LogP contribution < -0.4 is 5.32 Å². The maximum Gasteiger partial charge on any atom is 0.437 e. The van der Waals surface area contributed by atoms with E-state index in [4.69, 9.17) is 17.7 Å². The first kappa shape index (κ1) is 39.9. The molecule has 0 unspecified atom stereocenters. The van der Waals surface area contributed by atoms with Crippen LogP contribution in [0.15, 0.2) is 4.42 Å². The minimum atomic E-state index is -4.63. The topological polar surface area (TPSA) is 157 Å². The molecule has 3 rings (SSSR count). The number of aromatic nitrogens is 2. The smallest absolute Gasteiger partial charge is 0.437 e. The van der Waals surface area contributed by atoms with E-state index in [9.17, 15) is 18.0 Å². The minimum absolute atomic E-state index is 0.234. The third kappa shape index (κ3) is 11.0. The van der Waals surface area contributed by atoms with Crippen molar-refractivity contribution in [3.05, 3.63) is 11.8 Å². The van der Waals surface area contributed by atoms with Crippen LogP contribution in [-0.4, -0.2) is 81.6 Å². The zero-order chi connectivity index (χ0) is 35.8. The molecule has 1 aromatic rings. The molecule has 2 bridgehead atoms. The maximum atomic E-state index is 13.6. The number of rotatable bonds is 20. The molecule has 14 nitrogen and oxygen atoms in total. The van der Waals surface area contributed by atoms with Gasteiger partial charge < -0.3 is 19.4 Å². The van der Waals surface area contributed by atoms with Crippen molar-refractivity contribution in [1.29, 1.82) is 0 Å². The van der Waals surface area contributed by atoms with Gasteiger partial charge in [0, 0.05) is 30.6 Å². The normalized spacial score (nSPS) is 19.0. The third-order valence-corrected chi connectivity index (χ3v) is 9.53. The molecular weight excluding hydrogens is 640 g/mol. The predicted molar refractivity (Wildman–Crippen MR) is 181 cm³/mol. The van der Waals surface area contributed by atoms with Crippen molar-refractivity contribution in [1.82, 2.24) is 30.5 Å². The van der Waals surface area contributed by atoms with E-state index < -0.39 is 51.3 Å². The van der Waals surface area contributed by atoms with Crippen LogP contribution in [0.4, 0.5) is 9.59 Å².